The van der Waals surface area contributed by atoms with Gasteiger partial charge in [0, 0.05) is 44.8 Å². The highest BCUT2D eigenvalue weighted by atomic mass is 15.3. The number of likely N-dealkylation sites (N-methyl/N-ethyl adjacent to an activating group) is 1. The number of aromatic nitrogens is 4. The molecular formula is C17H23N7. The Balaban J connectivity index is 1.38. The molecule has 0 atom stereocenters. The zero-order valence-corrected chi connectivity index (χ0v) is 14.0. The highest BCUT2D eigenvalue weighted by Crippen LogP contribution is 2.23. The Bertz CT molecular complexity index is 683. The maximum absolute atomic E-state index is 4.47. The third-order valence-electron chi connectivity index (χ3n) is 4.87. The number of hydrogen-bond acceptors (Lipinski definition) is 7. The molecule has 2 aromatic rings. The molecular weight excluding hydrogens is 302 g/mol. The number of anilines is 2. The average molecular weight is 325 g/mol. The molecule has 0 unspecified atom stereocenters. The second-order valence-electron chi connectivity index (χ2n) is 6.66. The van der Waals surface area contributed by atoms with Crippen molar-refractivity contribution in [3.05, 3.63) is 35.9 Å². The molecule has 0 saturated carbocycles. The van der Waals surface area contributed by atoms with Crippen molar-refractivity contribution in [2.45, 2.75) is 31.8 Å². The Morgan fingerprint density at radius 2 is 2.04 bits per heavy atom. The van der Waals surface area contributed by atoms with Crippen molar-refractivity contribution in [1.82, 2.24) is 25.1 Å². The van der Waals surface area contributed by atoms with Gasteiger partial charge in [-0.1, -0.05) is 0 Å². The summed E-state index contributed by atoms with van der Waals surface area (Å²) in [5.74, 6) is 1.92. The van der Waals surface area contributed by atoms with Crippen LogP contribution in [0, 0.1) is 0 Å². The van der Waals surface area contributed by atoms with Crippen molar-refractivity contribution in [3.63, 3.8) is 0 Å². The second-order valence-corrected chi connectivity index (χ2v) is 6.66. The lowest BCUT2D eigenvalue weighted by Crippen LogP contribution is -2.40. The van der Waals surface area contributed by atoms with Gasteiger partial charge in [0.1, 0.15) is 12.1 Å². The molecule has 4 rings (SSSR count). The number of fused-ring (bicyclic) bond motifs is 1. The molecule has 2 aromatic heterocycles. The zero-order valence-electron chi connectivity index (χ0n) is 14.0. The molecule has 0 aromatic carbocycles. The summed E-state index contributed by atoms with van der Waals surface area (Å²) in [6.07, 6.45) is 6.50. The molecule has 1 fully saturated rings. The third kappa shape index (κ3) is 3.31. The summed E-state index contributed by atoms with van der Waals surface area (Å²) in [7, 11) is 2.16. The van der Waals surface area contributed by atoms with E-state index in [2.05, 4.69) is 48.4 Å². The molecule has 0 radical (unpaired) electrons. The quantitative estimate of drug-likeness (QED) is 0.913. The van der Waals surface area contributed by atoms with Crippen LogP contribution in [0.2, 0.25) is 0 Å². The van der Waals surface area contributed by atoms with Gasteiger partial charge < -0.3 is 15.1 Å². The van der Waals surface area contributed by atoms with Crippen LogP contribution in [0.4, 0.5) is 11.6 Å². The van der Waals surface area contributed by atoms with Gasteiger partial charge in [0.15, 0.2) is 5.82 Å². The first-order valence-corrected chi connectivity index (χ1v) is 8.59. The molecule has 1 N–H and O–H groups in total. The first-order chi connectivity index (χ1) is 11.8. The van der Waals surface area contributed by atoms with Crippen molar-refractivity contribution in [3.8, 4) is 0 Å². The monoisotopic (exact) mass is 325 g/mol. The SMILES string of the molecule is CN1CCc2nnc(N3CCC(Nc4ccncn4)CC3)cc2C1. The van der Waals surface area contributed by atoms with Crippen LogP contribution >= 0.6 is 0 Å². The summed E-state index contributed by atoms with van der Waals surface area (Å²) in [5, 5.41) is 12.4. The largest absolute Gasteiger partial charge is 0.367 e. The van der Waals surface area contributed by atoms with Gasteiger partial charge in [-0.05, 0) is 37.6 Å². The number of nitrogens with zero attached hydrogens (tertiary/aromatic N) is 6. The minimum absolute atomic E-state index is 0.452. The van der Waals surface area contributed by atoms with Crippen LogP contribution in [0.1, 0.15) is 24.1 Å². The smallest absolute Gasteiger partial charge is 0.151 e. The predicted molar refractivity (Wildman–Crippen MR) is 93.0 cm³/mol. The van der Waals surface area contributed by atoms with Gasteiger partial charge in [-0.15, -0.1) is 5.10 Å². The average Bonchev–Trinajstić information content (AvgIpc) is 2.62. The van der Waals surface area contributed by atoms with Crippen LogP contribution in [0.15, 0.2) is 24.7 Å². The van der Waals surface area contributed by atoms with Gasteiger partial charge in [-0.2, -0.15) is 5.10 Å². The first kappa shape index (κ1) is 15.3. The highest BCUT2D eigenvalue weighted by Gasteiger charge is 2.22. The predicted octanol–water partition coefficient (Wildman–Crippen LogP) is 1.34. The van der Waals surface area contributed by atoms with E-state index in [0.29, 0.717) is 6.04 Å². The first-order valence-electron chi connectivity index (χ1n) is 8.59. The van der Waals surface area contributed by atoms with Crippen molar-refractivity contribution in [1.29, 1.82) is 0 Å². The Kier molecular flexibility index (Phi) is 4.25. The van der Waals surface area contributed by atoms with Crippen LogP contribution < -0.4 is 10.2 Å². The topological polar surface area (TPSA) is 70.1 Å². The summed E-state index contributed by atoms with van der Waals surface area (Å²) < 4.78 is 0. The standard InChI is InChI=1S/C17H23N7/c1-23-7-5-15-13(11-23)10-17(22-21-15)24-8-3-14(4-9-24)20-16-2-6-18-12-19-16/h2,6,10,12,14H,3-5,7-9,11H2,1H3,(H,18,19,20). The van der Waals surface area contributed by atoms with Crippen LogP contribution in [-0.2, 0) is 13.0 Å². The Morgan fingerprint density at radius 1 is 1.17 bits per heavy atom. The molecule has 126 valence electrons. The van der Waals surface area contributed by atoms with E-state index in [-0.39, 0.29) is 0 Å². The summed E-state index contributed by atoms with van der Waals surface area (Å²) >= 11 is 0. The second kappa shape index (κ2) is 6.68. The Morgan fingerprint density at radius 3 is 2.83 bits per heavy atom. The third-order valence-corrected chi connectivity index (χ3v) is 4.87. The molecule has 24 heavy (non-hydrogen) atoms. The fourth-order valence-electron chi connectivity index (χ4n) is 3.45. The van der Waals surface area contributed by atoms with Gasteiger partial charge in [0.05, 0.1) is 5.69 Å². The van der Waals surface area contributed by atoms with E-state index in [1.54, 1.807) is 12.5 Å². The Labute approximate surface area is 142 Å². The fourth-order valence-corrected chi connectivity index (χ4v) is 3.45. The molecule has 1 saturated heterocycles. The zero-order chi connectivity index (χ0) is 16.4. The van der Waals surface area contributed by atoms with Crippen molar-refractivity contribution < 1.29 is 0 Å². The number of nitrogens with one attached hydrogen (secondary N) is 1. The van der Waals surface area contributed by atoms with E-state index in [4.69, 9.17) is 0 Å². The van der Waals surface area contributed by atoms with E-state index < -0.39 is 0 Å². The van der Waals surface area contributed by atoms with Crippen LogP contribution in [0.25, 0.3) is 0 Å². The Hall–Kier alpha value is -2.28. The summed E-state index contributed by atoms with van der Waals surface area (Å²) in [6, 6.07) is 4.60. The van der Waals surface area contributed by atoms with Gasteiger partial charge in [-0.3, -0.25) is 0 Å². The lowest BCUT2D eigenvalue weighted by molar-refractivity contribution is 0.308. The molecule has 0 bridgehead atoms. The van der Waals surface area contributed by atoms with Crippen molar-refractivity contribution >= 4 is 11.6 Å². The molecule has 0 spiro atoms. The van der Waals surface area contributed by atoms with E-state index in [9.17, 15) is 0 Å². The molecule has 2 aliphatic heterocycles. The van der Waals surface area contributed by atoms with Crippen LogP contribution in [0.5, 0.6) is 0 Å². The van der Waals surface area contributed by atoms with Crippen molar-refractivity contribution in [2.75, 3.05) is 36.9 Å². The summed E-state index contributed by atoms with van der Waals surface area (Å²) in [4.78, 5) is 12.9. The minimum atomic E-state index is 0.452. The van der Waals surface area contributed by atoms with E-state index in [1.165, 1.54) is 5.56 Å². The maximum Gasteiger partial charge on any atom is 0.151 e. The molecule has 2 aliphatic rings. The van der Waals surface area contributed by atoms with E-state index in [1.807, 2.05) is 6.07 Å². The van der Waals surface area contributed by atoms with Gasteiger partial charge in [-0.25, -0.2) is 9.97 Å². The van der Waals surface area contributed by atoms with Crippen LogP contribution in [-0.4, -0.2) is 57.8 Å². The molecule has 7 heteroatoms. The molecule has 4 heterocycles. The van der Waals surface area contributed by atoms with Crippen molar-refractivity contribution in [2.24, 2.45) is 0 Å². The number of rotatable bonds is 3. The molecule has 0 amide bonds. The number of hydrogen-bond donors (Lipinski definition) is 1. The van der Waals surface area contributed by atoms with E-state index >= 15 is 0 Å². The van der Waals surface area contributed by atoms with Gasteiger partial charge in [0.2, 0.25) is 0 Å². The lowest BCUT2D eigenvalue weighted by Gasteiger charge is -2.34. The lowest BCUT2D eigenvalue weighted by atomic mass is 10.0. The van der Waals surface area contributed by atoms with Crippen LogP contribution in [0.3, 0.4) is 0 Å². The summed E-state index contributed by atoms with van der Waals surface area (Å²) in [5.41, 5.74) is 2.49. The maximum atomic E-state index is 4.47. The highest BCUT2D eigenvalue weighted by molar-refractivity contribution is 5.43. The molecule has 7 nitrogen and oxygen atoms in total. The molecule has 0 aliphatic carbocycles. The van der Waals surface area contributed by atoms with Gasteiger partial charge >= 0.3 is 0 Å². The number of piperidine rings is 1. The minimum Gasteiger partial charge on any atom is -0.367 e. The van der Waals surface area contributed by atoms with Gasteiger partial charge in [0.25, 0.3) is 0 Å². The van der Waals surface area contributed by atoms with E-state index in [0.717, 1.165) is 62.8 Å². The summed E-state index contributed by atoms with van der Waals surface area (Å²) in [6.45, 7) is 4.03. The normalized spacial score (nSPS) is 19.1. The fraction of sp³-hybridized carbons (Fsp3) is 0.529.